The molecular weight excluding hydrogens is 401 g/mol. The fraction of sp³-hybridized carbons (Fsp3) is 0.450. The normalized spacial score (nSPS) is 12.3. The highest BCUT2D eigenvalue weighted by Crippen LogP contribution is 2.21. The molecule has 1 N–H and O–H groups in total. The van der Waals surface area contributed by atoms with Gasteiger partial charge in [0.05, 0.1) is 12.5 Å². The van der Waals surface area contributed by atoms with E-state index in [0.29, 0.717) is 24.1 Å². The molecule has 0 aliphatic heterocycles. The van der Waals surface area contributed by atoms with Gasteiger partial charge < -0.3 is 10.1 Å². The lowest BCUT2D eigenvalue weighted by atomic mass is 10.1. The van der Waals surface area contributed by atoms with Crippen LogP contribution >= 0.6 is 0 Å². The van der Waals surface area contributed by atoms with Crippen LogP contribution < -0.4 is 10.1 Å². The first-order valence-electron chi connectivity index (χ1n) is 9.43. The van der Waals surface area contributed by atoms with E-state index in [0.717, 1.165) is 0 Å². The van der Waals surface area contributed by atoms with Gasteiger partial charge in [0.15, 0.2) is 6.61 Å². The average molecular weight is 424 g/mol. The minimum Gasteiger partial charge on any atom is -0.468 e. The molecule has 0 bridgehead atoms. The summed E-state index contributed by atoms with van der Waals surface area (Å²) in [6.45, 7) is 3.86. The Morgan fingerprint density at radius 2 is 1.93 bits per heavy atom. The number of carbonyl (C=O) groups is 2. The summed E-state index contributed by atoms with van der Waals surface area (Å²) in [7, 11) is 0. The minimum atomic E-state index is -4.45. The van der Waals surface area contributed by atoms with Crippen molar-refractivity contribution < 1.29 is 27.5 Å². The van der Waals surface area contributed by atoms with Crippen LogP contribution in [0.25, 0.3) is 0 Å². The molecule has 0 fully saturated rings. The molecule has 1 atom stereocenters. The van der Waals surface area contributed by atoms with Gasteiger partial charge in [-0.15, -0.1) is 0 Å². The molecule has 2 aromatic heterocycles. The number of carbonyl (C=O) groups excluding carboxylic acids is 2. The first-order chi connectivity index (χ1) is 14.1. The second kappa shape index (κ2) is 10.1. The number of Topliss-reactive ketones (excluding diaryl/α,β-unsaturated/α-hetero) is 1. The number of halogens is 3. The molecule has 1 amide bonds. The molecular formula is C20H23F3N4O3. The van der Waals surface area contributed by atoms with E-state index in [4.69, 9.17) is 0 Å². The Morgan fingerprint density at radius 1 is 1.20 bits per heavy atom. The highest BCUT2D eigenvalue weighted by Gasteiger charge is 2.28. The number of rotatable bonds is 9. The average Bonchev–Trinajstić information content (AvgIpc) is 2.69. The van der Waals surface area contributed by atoms with Crippen molar-refractivity contribution in [3.05, 3.63) is 47.2 Å². The van der Waals surface area contributed by atoms with Gasteiger partial charge in [0.2, 0.25) is 5.88 Å². The van der Waals surface area contributed by atoms with E-state index in [1.54, 1.807) is 19.9 Å². The number of hydrogen-bond acceptors (Lipinski definition) is 6. The van der Waals surface area contributed by atoms with Crippen LogP contribution in [0.5, 0.6) is 5.88 Å². The quantitative estimate of drug-likeness (QED) is 0.662. The van der Waals surface area contributed by atoms with Crippen LogP contribution in [0, 0.1) is 6.92 Å². The van der Waals surface area contributed by atoms with Gasteiger partial charge in [-0.05, 0) is 25.0 Å². The monoisotopic (exact) mass is 424 g/mol. The Bertz CT molecular complexity index is 886. The molecule has 10 heteroatoms. The van der Waals surface area contributed by atoms with E-state index in [9.17, 15) is 22.8 Å². The smallest absolute Gasteiger partial charge is 0.422 e. The summed E-state index contributed by atoms with van der Waals surface area (Å²) in [5.41, 5.74) is 1.31. The number of ketones is 1. The van der Waals surface area contributed by atoms with Crippen LogP contribution in [-0.4, -0.2) is 39.4 Å². The fourth-order valence-corrected chi connectivity index (χ4v) is 2.62. The lowest BCUT2D eigenvalue weighted by Crippen LogP contribution is -2.29. The number of nitrogens with zero attached hydrogens (tertiary/aromatic N) is 3. The number of aryl methyl sites for hydroxylation is 1. The maximum atomic E-state index is 12.7. The molecule has 0 spiro atoms. The summed E-state index contributed by atoms with van der Waals surface area (Å²) >= 11 is 0. The van der Waals surface area contributed by atoms with Crippen LogP contribution in [0.3, 0.4) is 0 Å². The second-order valence-electron chi connectivity index (χ2n) is 6.65. The van der Waals surface area contributed by atoms with Crippen LogP contribution in [-0.2, 0) is 11.2 Å². The predicted octanol–water partition coefficient (Wildman–Crippen LogP) is 3.52. The van der Waals surface area contributed by atoms with Crippen molar-refractivity contribution in [2.45, 2.75) is 52.3 Å². The maximum Gasteiger partial charge on any atom is 0.422 e. The Hall–Kier alpha value is -3.04. The van der Waals surface area contributed by atoms with Crippen molar-refractivity contribution in [3.8, 4) is 5.88 Å². The Labute approximate surface area is 172 Å². The summed E-state index contributed by atoms with van der Waals surface area (Å²) < 4.78 is 41.3. The second-order valence-corrected chi connectivity index (χ2v) is 6.65. The number of aromatic nitrogens is 3. The molecule has 2 rings (SSSR count). The zero-order chi connectivity index (χ0) is 22.3. The molecule has 162 valence electrons. The van der Waals surface area contributed by atoms with Crippen LogP contribution in [0.4, 0.5) is 13.2 Å². The van der Waals surface area contributed by atoms with Crippen molar-refractivity contribution in [1.29, 1.82) is 0 Å². The Morgan fingerprint density at radius 3 is 2.50 bits per heavy atom. The van der Waals surface area contributed by atoms with Crippen LogP contribution in [0.2, 0.25) is 0 Å². The topological polar surface area (TPSA) is 94.1 Å². The van der Waals surface area contributed by atoms with Gasteiger partial charge >= 0.3 is 6.18 Å². The van der Waals surface area contributed by atoms with Gasteiger partial charge in [-0.25, -0.2) is 15.0 Å². The molecule has 0 aliphatic carbocycles. The lowest BCUT2D eigenvalue weighted by molar-refractivity contribution is -0.154. The van der Waals surface area contributed by atoms with Gasteiger partial charge in [-0.1, -0.05) is 19.9 Å². The number of alkyl halides is 3. The summed E-state index contributed by atoms with van der Waals surface area (Å²) in [5, 5.41) is 2.82. The molecule has 2 heterocycles. The van der Waals surface area contributed by atoms with Crippen molar-refractivity contribution in [1.82, 2.24) is 20.3 Å². The van der Waals surface area contributed by atoms with E-state index >= 15 is 0 Å². The third kappa shape index (κ3) is 7.09. The molecule has 1 unspecified atom stereocenters. The van der Waals surface area contributed by atoms with Gasteiger partial charge in [0.25, 0.3) is 5.91 Å². The fourth-order valence-electron chi connectivity index (χ4n) is 2.62. The summed E-state index contributed by atoms with van der Waals surface area (Å²) in [6, 6.07) is 3.95. The van der Waals surface area contributed by atoms with E-state index in [1.807, 2.05) is 6.92 Å². The van der Waals surface area contributed by atoms with Crippen molar-refractivity contribution in [3.63, 3.8) is 0 Å². The van der Waals surface area contributed by atoms with Crippen molar-refractivity contribution >= 4 is 11.7 Å². The lowest BCUT2D eigenvalue weighted by Gasteiger charge is -2.18. The number of amides is 1. The molecule has 0 aromatic carbocycles. The number of nitrogens with one attached hydrogen (secondary N) is 1. The number of ether oxygens (including phenoxy) is 1. The summed E-state index contributed by atoms with van der Waals surface area (Å²) in [6.07, 6.45) is -2.17. The summed E-state index contributed by atoms with van der Waals surface area (Å²) in [4.78, 5) is 36.6. The van der Waals surface area contributed by atoms with Gasteiger partial charge in [-0.3, -0.25) is 9.59 Å². The molecule has 0 radical (unpaired) electrons. The van der Waals surface area contributed by atoms with Crippen LogP contribution in [0.1, 0.15) is 60.3 Å². The largest absolute Gasteiger partial charge is 0.468 e. The highest BCUT2D eigenvalue weighted by molar-refractivity contribution is 5.92. The third-order valence-electron chi connectivity index (χ3n) is 4.14. The van der Waals surface area contributed by atoms with E-state index in [2.05, 4.69) is 25.0 Å². The van der Waals surface area contributed by atoms with E-state index in [-0.39, 0.29) is 29.6 Å². The zero-order valence-corrected chi connectivity index (χ0v) is 16.9. The Kier molecular flexibility index (Phi) is 7.85. The standard InChI is InChI=1S/C20H23F3N4O3/c1-4-14(28)9-17-25-12(3)8-16(26-17)19(29)27-15(5-2)13-6-7-18(24-10-13)30-11-20(21,22)23/h6-8,10,15H,4-5,9,11H2,1-3H3,(H,27,29). The number of pyridine rings is 1. The molecule has 0 saturated heterocycles. The van der Waals surface area contributed by atoms with Gasteiger partial charge in [-0.2, -0.15) is 13.2 Å². The Balaban J connectivity index is 2.10. The first-order valence-corrected chi connectivity index (χ1v) is 9.43. The molecule has 30 heavy (non-hydrogen) atoms. The predicted molar refractivity (Wildman–Crippen MR) is 102 cm³/mol. The van der Waals surface area contributed by atoms with Crippen LogP contribution in [0.15, 0.2) is 24.4 Å². The molecule has 0 aliphatic rings. The highest BCUT2D eigenvalue weighted by atomic mass is 19.4. The van der Waals surface area contributed by atoms with E-state index < -0.39 is 24.7 Å². The van der Waals surface area contributed by atoms with Gasteiger partial charge in [0, 0.05) is 24.4 Å². The van der Waals surface area contributed by atoms with Crippen molar-refractivity contribution in [2.75, 3.05) is 6.61 Å². The van der Waals surface area contributed by atoms with E-state index in [1.165, 1.54) is 18.3 Å². The maximum absolute atomic E-state index is 12.7. The third-order valence-corrected chi connectivity index (χ3v) is 4.14. The van der Waals surface area contributed by atoms with Gasteiger partial charge in [0.1, 0.15) is 17.3 Å². The molecule has 7 nitrogen and oxygen atoms in total. The number of hydrogen-bond donors (Lipinski definition) is 1. The first kappa shape index (κ1) is 23.2. The zero-order valence-electron chi connectivity index (χ0n) is 16.9. The summed E-state index contributed by atoms with van der Waals surface area (Å²) in [5.74, 6) is -0.353. The molecule has 0 saturated carbocycles. The molecule has 2 aromatic rings. The minimum absolute atomic E-state index is 0.0303. The van der Waals surface area contributed by atoms with Crippen molar-refractivity contribution in [2.24, 2.45) is 0 Å². The SMILES string of the molecule is CCC(=O)Cc1nc(C)cc(C(=O)NC(CC)c2ccc(OCC(F)(F)F)nc2)n1.